The third-order valence-electron chi connectivity index (χ3n) is 2.82. The molecule has 2 amide bonds. The largest absolute Gasteiger partial charge is 0.396 e. The van der Waals surface area contributed by atoms with Crippen molar-refractivity contribution < 1.29 is 18.7 Å². The highest BCUT2D eigenvalue weighted by molar-refractivity contribution is 7.99. The van der Waals surface area contributed by atoms with Gasteiger partial charge in [-0.25, -0.2) is 4.79 Å². The van der Waals surface area contributed by atoms with Gasteiger partial charge < -0.3 is 15.7 Å². The Bertz CT molecular complexity index is 446. The van der Waals surface area contributed by atoms with E-state index in [0.29, 0.717) is 22.3 Å². The summed E-state index contributed by atoms with van der Waals surface area (Å²) < 4.78 is 24.5. The Morgan fingerprint density at radius 1 is 1.40 bits per heavy atom. The summed E-state index contributed by atoms with van der Waals surface area (Å²) in [7, 11) is 0. The minimum Gasteiger partial charge on any atom is -0.396 e. The van der Waals surface area contributed by atoms with Crippen LogP contribution < -0.4 is 10.6 Å². The lowest BCUT2D eigenvalue weighted by Crippen LogP contribution is -2.40. The molecule has 0 heterocycles. The van der Waals surface area contributed by atoms with Gasteiger partial charge in [0.15, 0.2) is 0 Å². The Morgan fingerprint density at radius 2 is 2.10 bits per heavy atom. The normalized spacial score (nSPS) is 13.9. The molecule has 1 rings (SSSR count). The fourth-order valence-corrected chi connectivity index (χ4v) is 1.98. The van der Waals surface area contributed by atoms with Crippen molar-refractivity contribution in [2.24, 2.45) is 5.92 Å². The number of carbonyl (C=O) groups excluding carboxylic acids is 1. The van der Waals surface area contributed by atoms with Crippen molar-refractivity contribution in [3.05, 3.63) is 24.3 Å². The number of urea groups is 1. The molecule has 0 aromatic heterocycles. The third-order valence-corrected chi connectivity index (χ3v) is 3.52. The number of aliphatic hydroxyl groups excluding tert-OH is 1. The molecule has 2 atom stereocenters. The molecule has 0 saturated heterocycles. The lowest BCUT2D eigenvalue weighted by molar-refractivity contribution is 0.204. The van der Waals surface area contributed by atoms with Crippen molar-refractivity contribution in [2.75, 3.05) is 11.9 Å². The molecule has 0 fully saturated rings. The second-order valence-corrected chi connectivity index (χ2v) is 5.52. The summed E-state index contributed by atoms with van der Waals surface area (Å²) in [6.45, 7) is 3.57. The zero-order valence-electron chi connectivity index (χ0n) is 11.3. The molecule has 0 aliphatic rings. The number of alkyl halides is 2. The number of hydrogen-bond acceptors (Lipinski definition) is 3. The topological polar surface area (TPSA) is 61.4 Å². The van der Waals surface area contributed by atoms with Gasteiger partial charge in [-0.15, -0.1) is 0 Å². The van der Waals surface area contributed by atoms with Gasteiger partial charge in [0.25, 0.3) is 5.76 Å². The summed E-state index contributed by atoms with van der Waals surface area (Å²) in [5.41, 5.74) is 0.442. The van der Waals surface area contributed by atoms with E-state index < -0.39 is 11.8 Å². The molecule has 0 saturated carbocycles. The highest BCUT2D eigenvalue weighted by Crippen LogP contribution is 2.27. The van der Waals surface area contributed by atoms with E-state index in [-0.39, 0.29) is 18.6 Å². The molecule has 1 aromatic carbocycles. The maximum Gasteiger partial charge on any atom is 0.319 e. The first-order valence-electron chi connectivity index (χ1n) is 6.15. The van der Waals surface area contributed by atoms with Crippen LogP contribution in [0.2, 0.25) is 0 Å². The van der Waals surface area contributed by atoms with Crippen molar-refractivity contribution >= 4 is 23.5 Å². The minimum absolute atomic E-state index is 0.0258. The molecule has 0 spiro atoms. The molecule has 0 radical (unpaired) electrons. The second kappa shape index (κ2) is 8.06. The van der Waals surface area contributed by atoms with Crippen molar-refractivity contribution in [3.63, 3.8) is 0 Å². The van der Waals surface area contributed by atoms with Crippen LogP contribution in [-0.4, -0.2) is 29.5 Å². The smallest absolute Gasteiger partial charge is 0.319 e. The molecular formula is C13H18F2N2O2S. The summed E-state index contributed by atoms with van der Waals surface area (Å²) in [6.07, 6.45) is 0. The van der Waals surface area contributed by atoms with Crippen LogP contribution in [0, 0.1) is 5.92 Å². The quantitative estimate of drug-likeness (QED) is 0.708. The van der Waals surface area contributed by atoms with Gasteiger partial charge in [0.2, 0.25) is 0 Å². The molecule has 2 unspecified atom stereocenters. The maximum absolute atomic E-state index is 12.3. The number of aliphatic hydroxyl groups is 1. The van der Waals surface area contributed by atoms with Crippen molar-refractivity contribution in [1.29, 1.82) is 0 Å². The Morgan fingerprint density at radius 3 is 2.70 bits per heavy atom. The number of anilines is 1. The summed E-state index contributed by atoms with van der Waals surface area (Å²) in [5, 5.41) is 14.2. The zero-order valence-corrected chi connectivity index (χ0v) is 12.1. The first kappa shape index (κ1) is 16.7. The predicted molar refractivity (Wildman–Crippen MR) is 76.2 cm³/mol. The lowest BCUT2D eigenvalue weighted by Gasteiger charge is -2.19. The third kappa shape index (κ3) is 5.75. The maximum atomic E-state index is 12.3. The number of nitrogens with one attached hydrogen (secondary N) is 2. The number of halogens is 2. The number of amides is 2. The highest BCUT2D eigenvalue weighted by Gasteiger charge is 2.14. The van der Waals surface area contributed by atoms with Crippen molar-refractivity contribution in [3.8, 4) is 0 Å². The first-order valence-corrected chi connectivity index (χ1v) is 7.03. The fraction of sp³-hybridized carbons (Fsp3) is 0.462. The Balaban J connectivity index is 2.57. The summed E-state index contributed by atoms with van der Waals surface area (Å²) in [4.78, 5) is 12.1. The molecule has 0 bridgehead atoms. The van der Waals surface area contributed by atoms with Crippen LogP contribution in [0.5, 0.6) is 0 Å². The van der Waals surface area contributed by atoms with Gasteiger partial charge >= 0.3 is 6.03 Å². The van der Waals surface area contributed by atoms with E-state index in [2.05, 4.69) is 10.6 Å². The molecule has 4 nitrogen and oxygen atoms in total. The molecule has 20 heavy (non-hydrogen) atoms. The van der Waals surface area contributed by atoms with Crippen LogP contribution in [0.4, 0.5) is 19.3 Å². The minimum atomic E-state index is -2.50. The molecule has 7 heteroatoms. The number of rotatable bonds is 6. The fourth-order valence-electron chi connectivity index (χ4n) is 1.42. The van der Waals surface area contributed by atoms with Crippen LogP contribution in [0.15, 0.2) is 29.2 Å². The Kier molecular flexibility index (Phi) is 6.74. The van der Waals surface area contributed by atoms with Gasteiger partial charge in [-0.1, -0.05) is 24.8 Å². The van der Waals surface area contributed by atoms with E-state index in [1.165, 1.54) is 6.07 Å². The monoisotopic (exact) mass is 304 g/mol. The van der Waals surface area contributed by atoms with E-state index in [4.69, 9.17) is 5.11 Å². The Labute approximate surface area is 120 Å². The molecule has 3 N–H and O–H groups in total. The average Bonchev–Trinajstić information content (AvgIpc) is 2.37. The highest BCUT2D eigenvalue weighted by atomic mass is 32.2. The van der Waals surface area contributed by atoms with Crippen LogP contribution in [-0.2, 0) is 0 Å². The van der Waals surface area contributed by atoms with Crippen molar-refractivity contribution in [1.82, 2.24) is 5.32 Å². The lowest BCUT2D eigenvalue weighted by atomic mass is 10.1. The van der Waals surface area contributed by atoms with Gasteiger partial charge in [0.1, 0.15) is 0 Å². The van der Waals surface area contributed by atoms with Gasteiger partial charge in [-0.2, -0.15) is 8.78 Å². The number of hydrogen-bond donors (Lipinski definition) is 3. The zero-order chi connectivity index (χ0) is 15.1. The van der Waals surface area contributed by atoms with E-state index in [9.17, 15) is 13.6 Å². The standard InChI is InChI=1S/C13H18F2N2O2S/c1-8(7-18)9(2)16-13(19)17-10-4-3-5-11(6-10)20-12(14)15/h3-6,8-9,12,18H,7H2,1-2H3,(H2,16,17,19). The molecular weight excluding hydrogens is 286 g/mol. The van der Waals surface area contributed by atoms with Crippen LogP contribution in [0.1, 0.15) is 13.8 Å². The van der Waals surface area contributed by atoms with Crippen LogP contribution in [0.25, 0.3) is 0 Å². The van der Waals surface area contributed by atoms with E-state index in [1.54, 1.807) is 25.1 Å². The van der Waals surface area contributed by atoms with Crippen LogP contribution in [0.3, 0.4) is 0 Å². The molecule has 0 aliphatic carbocycles. The molecule has 0 aliphatic heterocycles. The number of carbonyl (C=O) groups is 1. The van der Waals surface area contributed by atoms with Crippen molar-refractivity contribution in [2.45, 2.75) is 30.5 Å². The van der Waals surface area contributed by atoms with Crippen LogP contribution >= 0.6 is 11.8 Å². The van der Waals surface area contributed by atoms with Gasteiger partial charge in [0.05, 0.1) is 0 Å². The van der Waals surface area contributed by atoms with Gasteiger partial charge in [0, 0.05) is 23.2 Å². The van der Waals surface area contributed by atoms with Gasteiger partial charge in [-0.05, 0) is 31.0 Å². The van der Waals surface area contributed by atoms with E-state index in [0.717, 1.165) is 0 Å². The number of thioether (sulfide) groups is 1. The number of benzene rings is 1. The van der Waals surface area contributed by atoms with E-state index in [1.807, 2.05) is 6.92 Å². The Hall–Kier alpha value is -1.34. The van der Waals surface area contributed by atoms with E-state index >= 15 is 0 Å². The first-order chi connectivity index (χ1) is 9.42. The summed E-state index contributed by atoms with van der Waals surface area (Å²) in [6, 6.07) is 5.62. The SMILES string of the molecule is CC(CO)C(C)NC(=O)Nc1cccc(SC(F)F)c1. The molecule has 112 valence electrons. The predicted octanol–water partition coefficient (Wildman–Crippen LogP) is 3.14. The van der Waals surface area contributed by atoms with Gasteiger partial charge in [-0.3, -0.25) is 0 Å². The summed E-state index contributed by atoms with van der Waals surface area (Å²) in [5.74, 6) is -2.56. The average molecular weight is 304 g/mol. The summed E-state index contributed by atoms with van der Waals surface area (Å²) >= 11 is 0.424. The second-order valence-electron chi connectivity index (χ2n) is 4.45. The molecule has 1 aromatic rings.